The molecule has 2 amide bonds. The van der Waals surface area contributed by atoms with E-state index in [0.29, 0.717) is 31.2 Å². The molecular formula is C19H22N4O3. The number of hydrogen-bond donors (Lipinski definition) is 3. The number of pyridine rings is 1. The second-order valence-corrected chi connectivity index (χ2v) is 6.42. The normalized spacial score (nSPS) is 15.0. The monoisotopic (exact) mass is 354 g/mol. The van der Waals surface area contributed by atoms with E-state index in [9.17, 15) is 9.59 Å². The van der Waals surface area contributed by atoms with Gasteiger partial charge in [-0.2, -0.15) is 0 Å². The molecule has 0 unspecified atom stereocenters. The predicted octanol–water partition coefficient (Wildman–Crippen LogP) is 2.08. The van der Waals surface area contributed by atoms with Crippen LogP contribution in [0.4, 0.5) is 4.79 Å². The van der Waals surface area contributed by atoms with E-state index in [1.807, 2.05) is 30.5 Å². The van der Waals surface area contributed by atoms with Crippen molar-refractivity contribution >= 4 is 12.0 Å². The standard InChI is InChI=1S/C19H22N4O3/c20-18(24)15-4-2-14(3-5-15)17-6-1-13(12-22-17)11-21-16-7-9-23(10-8-16)19(25)26/h1-6,12,16,21H,7-11H2,(H2,20,24)(H,25,26). The Morgan fingerprint density at radius 3 is 2.38 bits per heavy atom. The molecule has 0 aliphatic carbocycles. The van der Waals surface area contributed by atoms with E-state index in [-0.39, 0.29) is 0 Å². The molecule has 7 heteroatoms. The number of nitrogens with one attached hydrogen (secondary N) is 1. The fraction of sp³-hybridized carbons (Fsp3) is 0.316. The van der Waals surface area contributed by atoms with Gasteiger partial charge in [-0.1, -0.05) is 18.2 Å². The average molecular weight is 354 g/mol. The minimum absolute atomic E-state index is 0.326. The lowest BCUT2D eigenvalue weighted by Crippen LogP contribution is -2.44. The van der Waals surface area contributed by atoms with Gasteiger partial charge in [0.25, 0.3) is 0 Å². The number of rotatable bonds is 5. The zero-order chi connectivity index (χ0) is 18.5. The van der Waals surface area contributed by atoms with Crippen LogP contribution in [0.25, 0.3) is 11.3 Å². The summed E-state index contributed by atoms with van der Waals surface area (Å²) in [5.74, 6) is -0.444. The van der Waals surface area contributed by atoms with Crippen LogP contribution in [0.3, 0.4) is 0 Å². The minimum atomic E-state index is -0.841. The number of hydrogen-bond acceptors (Lipinski definition) is 4. The van der Waals surface area contributed by atoms with Gasteiger partial charge in [0, 0.05) is 43.0 Å². The Morgan fingerprint density at radius 1 is 1.15 bits per heavy atom. The van der Waals surface area contributed by atoms with E-state index in [1.54, 1.807) is 12.1 Å². The van der Waals surface area contributed by atoms with Crippen LogP contribution in [0.15, 0.2) is 42.6 Å². The average Bonchev–Trinajstić information content (AvgIpc) is 2.67. The van der Waals surface area contributed by atoms with Crippen molar-refractivity contribution in [3.05, 3.63) is 53.7 Å². The summed E-state index contributed by atoms with van der Waals surface area (Å²) in [6, 6.07) is 11.3. The summed E-state index contributed by atoms with van der Waals surface area (Å²) in [5.41, 5.74) is 8.55. The van der Waals surface area contributed by atoms with E-state index in [4.69, 9.17) is 10.8 Å². The summed E-state index contributed by atoms with van der Waals surface area (Å²) >= 11 is 0. The number of primary amides is 1. The minimum Gasteiger partial charge on any atom is -0.465 e. The summed E-state index contributed by atoms with van der Waals surface area (Å²) in [7, 11) is 0. The molecular weight excluding hydrogens is 332 g/mol. The maximum atomic E-state index is 11.1. The van der Waals surface area contributed by atoms with Gasteiger partial charge in [0.1, 0.15) is 0 Å². The van der Waals surface area contributed by atoms with E-state index >= 15 is 0 Å². The second-order valence-electron chi connectivity index (χ2n) is 6.42. The zero-order valence-electron chi connectivity index (χ0n) is 14.4. The van der Waals surface area contributed by atoms with Gasteiger partial charge in [0.05, 0.1) is 5.69 Å². The first-order valence-electron chi connectivity index (χ1n) is 8.59. The zero-order valence-corrected chi connectivity index (χ0v) is 14.4. The molecule has 2 aromatic rings. The first-order chi connectivity index (χ1) is 12.5. The van der Waals surface area contributed by atoms with E-state index in [2.05, 4.69) is 10.3 Å². The topological polar surface area (TPSA) is 109 Å². The molecule has 1 fully saturated rings. The highest BCUT2D eigenvalue weighted by atomic mass is 16.4. The maximum absolute atomic E-state index is 11.1. The summed E-state index contributed by atoms with van der Waals surface area (Å²) < 4.78 is 0. The summed E-state index contributed by atoms with van der Waals surface area (Å²) in [6.07, 6.45) is 2.64. The molecule has 0 saturated carbocycles. The van der Waals surface area contributed by atoms with Crippen molar-refractivity contribution in [1.29, 1.82) is 0 Å². The van der Waals surface area contributed by atoms with Gasteiger partial charge in [0.2, 0.25) is 5.91 Å². The molecule has 0 bridgehead atoms. The Labute approximate surface area is 151 Å². The SMILES string of the molecule is NC(=O)c1ccc(-c2ccc(CNC3CCN(C(=O)O)CC3)cn2)cc1. The molecule has 26 heavy (non-hydrogen) atoms. The number of amides is 2. The van der Waals surface area contributed by atoms with E-state index in [1.165, 1.54) is 4.90 Å². The van der Waals surface area contributed by atoms with Gasteiger partial charge in [-0.3, -0.25) is 9.78 Å². The highest BCUT2D eigenvalue weighted by Gasteiger charge is 2.21. The largest absolute Gasteiger partial charge is 0.465 e. The van der Waals surface area contributed by atoms with Gasteiger partial charge < -0.3 is 21.1 Å². The number of nitrogens with zero attached hydrogens (tertiary/aromatic N) is 2. The maximum Gasteiger partial charge on any atom is 0.407 e. The molecule has 2 heterocycles. The Balaban J connectivity index is 1.53. The number of carbonyl (C=O) groups is 2. The molecule has 0 spiro atoms. The lowest BCUT2D eigenvalue weighted by molar-refractivity contribution is 0.1000. The van der Waals surface area contributed by atoms with Gasteiger partial charge in [-0.25, -0.2) is 4.79 Å². The van der Waals surface area contributed by atoms with Crippen LogP contribution in [-0.4, -0.2) is 46.1 Å². The number of piperidine rings is 1. The third-order valence-corrected chi connectivity index (χ3v) is 4.65. The molecule has 1 aromatic heterocycles. The summed E-state index contributed by atoms with van der Waals surface area (Å²) in [4.78, 5) is 28.0. The number of aromatic nitrogens is 1. The number of carbonyl (C=O) groups excluding carboxylic acids is 1. The van der Waals surface area contributed by atoms with Crippen LogP contribution >= 0.6 is 0 Å². The fourth-order valence-corrected chi connectivity index (χ4v) is 3.04. The second kappa shape index (κ2) is 7.97. The van der Waals surface area contributed by atoms with Gasteiger partial charge in [-0.05, 0) is 36.6 Å². The van der Waals surface area contributed by atoms with Crippen molar-refractivity contribution in [1.82, 2.24) is 15.2 Å². The van der Waals surface area contributed by atoms with Crippen LogP contribution < -0.4 is 11.1 Å². The Kier molecular flexibility index (Phi) is 5.48. The van der Waals surface area contributed by atoms with Gasteiger partial charge >= 0.3 is 6.09 Å². The highest BCUT2D eigenvalue weighted by Crippen LogP contribution is 2.18. The first-order valence-corrected chi connectivity index (χ1v) is 8.59. The van der Waals surface area contributed by atoms with Crippen molar-refractivity contribution in [3.63, 3.8) is 0 Å². The molecule has 136 valence electrons. The van der Waals surface area contributed by atoms with Crippen molar-refractivity contribution < 1.29 is 14.7 Å². The van der Waals surface area contributed by atoms with Crippen LogP contribution in [0.2, 0.25) is 0 Å². The van der Waals surface area contributed by atoms with Crippen LogP contribution in [-0.2, 0) is 6.54 Å². The molecule has 3 rings (SSSR count). The molecule has 1 aliphatic rings. The smallest absolute Gasteiger partial charge is 0.407 e. The first kappa shape index (κ1) is 17.9. The Bertz CT molecular complexity index is 766. The molecule has 1 aliphatic heterocycles. The van der Waals surface area contributed by atoms with Crippen molar-refractivity contribution in [2.45, 2.75) is 25.4 Å². The lowest BCUT2D eigenvalue weighted by atomic mass is 10.0. The molecule has 4 N–H and O–H groups in total. The number of likely N-dealkylation sites (tertiary alicyclic amines) is 1. The lowest BCUT2D eigenvalue weighted by Gasteiger charge is -2.30. The fourth-order valence-electron chi connectivity index (χ4n) is 3.04. The third-order valence-electron chi connectivity index (χ3n) is 4.65. The van der Waals surface area contributed by atoms with Crippen LogP contribution in [0, 0.1) is 0 Å². The molecule has 0 atom stereocenters. The molecule has 7 nitrogen and oxygen atoms in total. The van der Waals surface area contributed by atoms with E-state index < -0.39 is 12.0 Å². The summed E-state index contributed by atoms with van der Waals surface area (Å²) in [6.45, 7) is 1.85. The third kappa shape index (κ3) is 4.37. The predicted molar refractivity (Wildman–Crippen MR) is 97.7 cm³/mol. The van der Waals surface area contributed by atoms with Crippen molar-refractivity contribution in [3.8, 4) is 11.3 Å². The highest BCUT2D eigenvalue weighted by molar-refractivity contribution is 5.93. The van der Waals surface area contributed by atoms with Crippen molar-refractivity contribution in [2.75, 3.05) is 13.1 Å². The summed E-state index contributed by atoms with van der Waals surface area (Å²) in [5, 5.41) is 12.4. The van der Waals surface area contributed by atoms with Gasteiger partial charge in [0.15, 0.2) is 0 Å². The Hall–Kier alpha value is -2.93. The molecule has 1 aromatic carbocycles. The molecule has 0 radical (unpaired) electrons. The number of nitrogens with two attached hydrogens (primary N) is 1. The van der Waals surface area contributed by atoms with Crippen molar-refractivity contribution in [2.24, 2.45) is 5.73 Å². The molecule has 1 saturated heterocycles. The number of carboxylic acid groups (broad SMARTS) is 1. The number of benzene rings is 1. The quantitative estimate of drug-likeness (QED) is 0.762. The van der Waals surface area contributed by atoms with Gasteiger partial charge in [-0.15, -0.1) is 0 Å². The van der Waals surface area contributed by atoms with Crippen LogP contribution in [0.1, 0.15) is 28.8 Å². The van der Waals surface area contributed by atoms with E-state index in [0.717, 1.165) is 29.7 Å². The Morgan fingerprint density at radius 2 is 1.85 bits per heavy atom. The van der Waals surface area contributed by atoms with Crippen LogP contribution in [0.5, 0.6) is 0 Å².